The summed E-state index contributed by atoms with van der Waals surface area (Å²) < 4.78 is 6.01. The molecule has 2 rings (SSSR count). The highest BCUT2D eigenvalue weighted by Crippen LogP contribution is 2.30. The maximum atomic E-state index is 12.4. The third-order valence-electron chi connectivity index (χ3n) is 5.13. The first-order chi connectivity index (χ1) is 11.7. The normalized spacial score (nSPS) is 16.1. The van der Waals surface area contributed by atoms with Crippen molar-refractivity contribution < 1.29 is 9.53 Å². The quantitative estimate of drug-likeness (QED) is 0.714. The average Bonchev–Trinajstić information content (AvgIpc) is 2.62. The Balaban J connectivity index is 1.88. The van der Waals surface area contributed by atoms with Crippen molar-refractivity contribution >= 4 is 5.91 Å². The van der Waals surface area contributed by atoms with Crippen molar-refractivity contribution in [2.45, 2.75) is 78.2 Å². The zero-order chi connectivity index (χ0) is 17.4. The second-order valence-electron chi connectivity index (χ2n) is 7.02. The number of hydrogen-bond donors (Lipinski definition) is 1. The Labute approximate surface area is 147 Å². The number of nitrogens with one attached hydrogen (secondary N) is 1. The van der Waals surface area contributed by atoms with Crippen LogP contribution in [0.25, 0.3) is 0 Å². The van der Waals surface area contributed by atoms with Gasteiger partial charge in [-0.3, -0.25) is 4.79 Å². The molecule has 134 valence electrons. The highest BCUT2D eigenvalue weighted by Gasteiger charge is 2.19. The van der Waals surface area contributed by atoms with Gasteiger partial charge in [0.05, 0.1) is 0 Å². The minimum absolute atomic E-state index is 0.00152. The van der Waals surface area contributed by atoms with Gasteiger partial charge in [0.25, 0.3) is 5.91 Å². The summed E-state index contributed by atoms with van der Waals surface area (Å²) in [6.07, 6.45) is 8.96. The molecule has 1 aromatic carbocycles. The molecule has 0 saturated carbocycles. The smallest absolute Gasteiger partial charge is 0.260 e. The molecule has 1 aliphatic carbocycles. The van der Waals surface area contributed by atoms with E-state index in [0.717, 1.165) is 31.6 Å². The van der Waals surface area contributed by atoms with Crippen LogP contribution < -0.4 is 10.1 Å². The van der Waals surface area contributed by atoms with Crippen LogP contribution in [-0.4, -0.2) is 18.6 Å². The van der Waals surface area contributed by atoms with Gasteiger partial charge >= 0.3 is 0 Å². The van der Waals surface area contributed by atoms with Crippen LogP contribution in [0.1, 0.15) is 70.4 Å². The van der Waals surface area contributed by atoms with E-state index in [1.165, 1.54) is 43.2 Å². The fraction of sp³-hybridized carbons (Fsp3) is 0.667. The first-order valence-electron chi connectivity index (χ1n) is 9.70. The van der Waals surface area contributed by atoms with Crippen LogP contribution in [0.3, 0.4) is 0 Å². The summed E-state index contributed by atoms with van der Waals surface area (Å²) in [6.45, 7) is 7.02. The van der Waals surface area contributed by atoms with Crippen LogP contribution in [-0.2, 0) is 17.6 Å². The molecular formula is C21H33NO2. The first-order valence-corrected chi connectivity index (χ1v) is 9.70. The minimum atomic E-state index is -0.442. The molecule has 1 aromatic rings. The van der Waals surface area contributed by atoms with E-state index in [4.69, 9.17) is 4.74 Å². The highest BCUT2D eigenvalue weighted by molar-refractivity contribution is 5.80. The van der Waals surface area contributed by atoms with Crippen molar-refractivity contribution in [3.63, 3.8) is 0 Å². The van der Waals surface area contributed by atoms with Gasteiger partial charge in [0.2, 0.25) is 0 Å². The maximum Gasteiger partial charge on any atom is 0.260 e. The summed E-state index contributed by atoms with van der Waals surface area (Å²) in [7, 11) is 0. The zero-order valence-electron chi connectivity index (χ0n) is 15.6. The van der Waals surface area contributed by atoms with E-state index < -0.39 is 6.10 Å². The molecular weight excluding hydrogens is 298 g/mol. The molecule has 1 N–H and O–H groups in total. The van der Waals surface area contributed by atoms with E-state index in [2.05, 4.69) is 25.2 Å². The second-order valence-corrected chi connectivity index (χ2v) is 7.02. The van der Waals surface area contributed by atoms with Crippen molar-refractivity contribution in [1.29, 1.82) is 0 Å². The number of aryl methyl sites for hydroxylation is 1. The molecule has 3 heteroatoms. The number of fused-ring (bicyclic) bond motifs is 1. The van der Waals surface area contributed by atoms with Crippen molar-refractivity contribution in [2.24, 2.45) is 5.92 Å². The third-order valence-corrected chi connectivity index (χ3v) is 5.13. The van der Waals surface area contributed by atoms with Crippen LogP contribution in [0.4, 0.5) is 0 Å². The number of rotatable bonds is 9. The molecule has 0 unspecified atom stereocenters. The van der Waals surface area contributed by atoms with Crippen LogP contribution in [0.15, 0.2) is 18.2 Å². The van der Waals surface area contributed by atoms with Gasteiger partial charge in [-0.1, -0.05) is 45.2 Å². The minimum Gasteiger partial charge on any atom is -0.481 e. The fourth-order valence-corrected chi connectivity index (χ4v) is 3.43. The van der Waals surface area contributed by atoms with Crippen LogP contribution in [0, 0.1) is 5.92 Å². The van der Waals surface area contributed by atoms with Crippen LogP contribution in [0.5, 0.6) is 5.75 Å². The van der Waals surface area contributed by atoms with Gasteiger partial charge < -0.3 is 10.1 Å². The number of carbonyl (C=O) groups excluding carboxylic acids is 1. The van der Waals surface area contributed by atoms with E-state index in [1.807, 2.05) is 19.1 Å². The molecule has 0 spiro atoms. The maximum absolute atomic E-state index is 12.4. The van der Waals surface area contributed by atoms with Crippen molar-refractivity contribution in [3.05, 3.63) is 29.3 Å². The molecule has 1 aliphatic rings. The highest BCUT2D eigenvalue weighted by atomic mass is 16.5. The van der Waals surface area contributed by atoms with E-state index in [9.17, 15) is 4.79 Å². The molecule has 0 bridgehead atoms. The van der Waals surface area contributed by atoms with Gasteiger partial charge in [-0.15, -0.1) is 0 Å². The zero-order valence-corrected chi connectivity index (χ0v) is 15.6. The van der Waals surface area contributed by atoms with E-state index in [1.54, 1.807) is 0 Å². The molecule has 0 heterocycles. The topological polar surface area (TPSA) is 38.3 Å². The molecule has 24 heavy (non-hydrogen) atoms. The van der Waals surface area contributed by atoms with E-state index in [-0.39, 0.29) is 5.91 Å². The number of amides is 1. The lowest BCUT2D eigenvalue weighted by Gasteiger charge is -2.22. The number of carbonyl (C=O) groups is 1. The van der Waals surface area contributed by atoms with Gasteiger partial charge in [-0.25, -0.2) is 0 Å². The molecule has 2 atom stereocenters. The predicted octanol–water partition coefficient (Wildman–Crippen LogP) is 4.67. The molecule has 0 saturated heterocycles. The summed E-state index contributed by atoms with van der Waals surface area (Å²) >= 11 is 0. The Morgan fingerprint density at radius 1 is 1.25 bits per heavy atom. The summed E-state index contributed by atoms with van der Waals surface area (Å²) in [4.78, 5) is 12.4. The lowest BCUT2D eigenvalue weighted by molar-refractivity contribution is -0.127. The molecule has 0 aliphatic heterocycles. The lowest BCUT2D eigenvalue weighted by atomic mass is 9.91. The van der Waals surface area contributed by atoms with E-state index >= 15 is 0 Å². The van der Waals surface area contributed by atoms with Crippen LogP contribution in [0.2, 0.25) is 0 Å². The third kappa shape index (κ3) is 5.25. The Hall–Kier alpha value is -1.51. The Bertz CT molecular complexity index is 527. The Kier molecular flexibility index (Phi) is 7.61. The summed E-state index contributed by atoms with van der Waals surface area (Å²) in [5.41, 5.74) is 2.69. The van der Waals surface area contributed by atoms with Gasteiger partial charge in [0, 0.05) is 6.54 Å². The second kappa shape index (κ2) is 9.71. The molecule has 1 amide bonds. The van der Waals surface area contributed by atoms with Gasteiger partial charge in [0.1, 0.15) is 5.75 Å². The summed E-state index contributed by atoms with van der Waals surface area (Å²) in [5.74, 6) is 1.47. The Morgan fingerprint density at radius 3 is 2.79 bits per heavy atom. The molecule has 0 fully saturated rings. The largest absolute Gasteiger partial charge is 0.481 e. The number of benzene rings is 1. The standard InChI is InChI=1S/C21H33NO2/c1-4-6-10-17(5-2)15-22-21(23)16(3)24-20-14-9-12-18-11-7-8-13-19(18)20/h9,12,14,16-17H,4-8,10-11,13,15H2,1-3H3,(H,22,23)/t16-,17-/m1/s1. The number of hydrogen-bond acceptors (Lipinski definition) is 2. The first kappa shape index (κ1) is 18.8. The number of unbranched alkanes of at least 4 members (excludes halogenated alkanes) is 1. The van der Waals surface area contributed by atoms with E-state index in [0.29, 0.717) is 5.92 Å². The van der Waals surface area contributed by atoms with Gasteiger partial charge in [-0.2, -0.15) is 0 Å². The van der Waals surface area contributed by atoms with Crippen molar-refractivity contribution in [3.8, 4) is 5.75 Å². The van der Waals surface area contributed by atoms with Crippen molar-refractivity contribution in [1.82, 2.24) is 5.32 Å². The molecule has 0 aromatic heterocycles. The average molecular weight is 332 g/mol. The fourth-order valence-electron chi connectivity index (χ4n) is 3.43. The summed E-state index contributed by atoms with van der Waals surface area (Å²) in [6, 6.07) is 6.23. The van der Waals surface area contributed by atoms with Crippen molar-refractivity contribution in [2.75, 3.05) is 6.54 Å². The molecule has 3 nitrogen and oxygen atoms in total. The van der Waals surface area contributed by atoms with Gasteiger partial charge in [0.15, 0.2) is 6.10 Å². The van der Waals surface area contributed by atoms with Crippen LogP contribution >= 0.6 is 0 Å². The SMILES string of the molecule is CCCC[C@@H](CC)CNC(=O)[C@@H](C)Oc1cccc2c1CCCC2. The van der Waals surface area contributed by atoms with Gasteiger partial charge in [-0.05, 0) is 62.1 Å². The monoisotopic (exact) mass is 331 g/mol. The lowest BCUT2D eigenvalue weighted by Crippen LogP contribution is -2.39. The Morgan fingerprint density at radius 2 is 2.04 bits per heavy atom. The summed E-state index contributed by atoms with van der Waals surface area (Å²) in [5, 5.41) is 3.08. The predicted molar refractivity (Wildman–Crippen MR) is 99.5 cm³/mol. The molecule has 0 radical (unpaired) electrons. The number of ether oxygens (including phenoxy) is 1.